The van der Waals surface area contributed by atoms with Gasteiger partial charge in [-0.05, 0) is 6.07 Å². The Balaban J connectivity index is 0.00000144. The first-order valence-electron chi connectivity index (χ1n) is 2.97. The molecule has 5 nitrogen and oxygen atoms in total. The Morgan fingerprint density at radius 2 is 1.92 bits per heavy atom. The molecule has 1 rings (SSSR count). The average Bonchev–Trinajstić information content (AvgIpc) is 2.04. The number of benzene rings is 1. The van der Waals surface area contributed by atoms with E-state index in [1.54, 1.807) is 0 Å². The SMILES string of the molecule is O=[N+]([O-])c1ccccc1S(=O)O.[KH]. The summed E-state index contributed by atoms with van der Waals surface area (Å²) in [6.07, 6.45) is 0. The van der Waals surface area contributed by atoms with Gasteiger partial charge in [0.25, 0.3) is 5.69 Å². The van der Waals surface area contributed by atoms with E-state index in [2.05, 4.69) is 0 Å². The van der Waals surface area contributed by atoms with Gasteiger partial charge in [0.05, 0.1) is 4.92 Å². The average molecular weight is 227 g/mol. The van der Waals surface area contributed by atoms with Crippen LogP contribution in [0.3, 0.4) is 0 Å². The van der Waals surface area contributed by atoms with E-state index in [-0.39, 0.29) is 62.0 Å². The molecule has 0 aliphatic rings. The molecule has 1 N–H and O–H groups in total. The van der Waals surface area contributed by atoms with Gasteiger partial charge in [-0.15, -0.1) is 0 Å². The van der Waals surface area contributed by atoms with E-state index in [0.29, 0.717) is 0 Å². The van der Waals surface area contributed by atoms with Crippen LogP contribution in [0.5, 0.6) is 0 Å². The standard InChI is InChI=1S/C6H5NO4S.K.H/c8-7(9)5-3-1-2-4-6(5)12(10)11;;/h1-4H,(H,10,11);;. The third-order valence-electron chi connectivity index (χ3n) is 1.25. The van der Waals surface area contributed by atoms with Crippen molar-refractivity contribution in [3.63, 3.8) is 0 Å². The van der Waals surface area contributed by atoms with Gasteiger partial charge < -0.3 is 4.55 Å². The number of para-hydroxylation sites is 1. The van der Waals surface area contributed by atoms with Crippen LogP contribution in [0.4, 0.5) is 5.69 Å². The van der Waals surface area contributed by atoms with Crippen molar-refractivity contribution in [2.24, 2.45) is 0 Å². The first kappa shape index (κ1) is 13.4. The first-order valence-corrected chi connectivity index (χ1v) is 4.08. The molecule has 0 aliphatic heterocycles. The topological polar surface area (TPSA) is 80.4 Å². The maximum atomic E-state index is 10.5. The van der Waals surface area contributed by atoms with Crippen LogP contribution >= 0.6 is 0 Å². The van der Waals surface area contributed by atoms with E-state index in [9.17, 15) is 14.3 Å². The summed E-state index contributed by atoms with van der Waals surface area (Å²) in [4.78, 5) is 9.42. The van der Waals surface area contributed by atoms with Crippen molar-refractivity contribution < 1.29 is 13.7 Å². The molecule has 0 amide bonds. The number of nitro groups is 1. The van der Waals surface area contributed by atoms with Gasteiger partial charge in [0.2, 0.25) is 0 Å². The molecule has 1 atom stereocenters. The van der Waals surface area contributed by atoms with Crippen molar-refractivity contribution in [3.8, 4) is 0 Å². The molecule has 66 valence electrons. The Labute approximate surface area is 119 Å². The Hall–Kier alpha value is 0.366. The van der Waals surface area contributed by atoms with Crippen LogP contribution in [-0.4, -0.2) is 65.1 Å². The summed E-state index contributed by atoms with van der Waals surface area (Å²) in [5.74, 6) is 0. The molecule has 0 saturated carbocycles. The Bertz CT molecular complexity index is 310. The molecule has 0 spiro atoms. The van der Waals surface area contributed by atoms with Crippen molar-refractivity contribution in [2.45, 2.75) is 4.90 Å². The number of nitro benzene ring substituents is 1. The molecular weight excluding hydrogens is 221 g/mol. The van der Waals surface area contributed by atoms with E-state index < -0.39 is 16.0 Å². The van der Waals surface area contributed by atoms with Gasteiger partial charge in [0.15, 0.2) is 11.1 Å². The molecule has 13 heavy (non-hydrogen) atoms. The summed E-state index contributed by atoms with van der Waals surface area (Å²) in [5, 5.41) is 10.3. The van der Waals surface area contributed by atoms with Crippen molar-refractivity contribution in [2.75, 3.05) is 0 Å². The van der Waals surface area contributed by atoms with Gasteiger partial charge in [0, 0.05) is 6.07 Å². The fourth-order valence-corrected chi connectivity index (χ4v) is 1.27. The van der Waals surface area contributed by atoms with Crippen LogP contribution in [0.1, 0.15) is 0 Å². The second-order valence-corrected chi connectivity index (χ2v) is 2.91. The molecule has 7 heteroatoms. The van der Waals surface area contributed by atoms with Crippen LogP contribution in [0.25, 0.3) is 0 Å². The molecule has 0 heterocycles. The van der Waals surface area contributed by atoms with Crippen LogP contribution < -0.4 is 0 Å². The fraction of sp³-hybridized carbons (Fsp3) is 0. The van der Waals surface area contributed by atoms with Crippen LogP contribution in [0.15, 0.2) is 29.2 Å². The molecule has 1 unspecified atom stereocenters. The summed E-state index contributed by atoms with van der Waals surface area (Å²) in [7, 11) is 0. The molecule has 0 bridgehead atoms. The predicted octanol–water partition coefficient (Wildman–Crippen LogP) is 0.527. The third-order valence-corrected chi connectivity index (χ3v) is 1.97. The molecule has 1 aromatic rings. The number of hydrogen-bond acceptors (Lipinski definition) is 3. The van der Waals surface area contributed by atoms with Gasteiger partial charge in [-0.2, -0.15) is 0 Å². The fourth-order valence-electron chi connectivity index (χ4n) is 0.756. The van der Waals surface area contributed by atoms with Crippen molar-refractivity contribution in [1.82, 2.24) is 0 Å². The molecule has 0 radical (unpaired) electrons. The predicted molar refractivity (Wildman–Crippen MR) is 49.3 cm³/mol. The second kappa shape index (κ2) is 5.96. The minimum absolute atomic E-state index is 0. The van der Waals surface area contributed by atoms with E-state index in [1.165, 1.54) is 24.3 Å². The summed E-state index contributed by atoms with van der Waals surface area (Å²) >= 11 is -2.30. The summed E-state index contributed by atoms with van der Waals surface area (Å²) < 4.78 is 19.2. The zero-order valence-corrected chi connectivity index (χ0v) is 6.65. The van der Waals surface area contributed by atoms with Crippen LogP contribution in [0.2, 0.25) is 0 Å². The molecule has 0 aliphatic carbocycles. The summed E-state index contributed by atoms with van der Waals surface area (Å²) in [6, 6.07) is 5.34. The van der Waals surface area contributed by atoms with Gasteiger partial charge in [-0.3, -0.25) is 10.1 Å². The number of hydrogen-bond donors (Lipinski definition) is 1. The van der Waals surface area contributed by atoms with E-state index in [1.807, 2.05) is 0 Å². The van der Waals surface area contributed by atoms with Crippen molar-refractivity contribution in [1.29, 1.82) is 0 Å². The Morgan fingerprint density at radius 3 is 2.31 bits per heavy atom. The monoisotopic (exact) mass is 227 g/mol. The second-order valence-electron chi connectivity index (χ2n) is 1.97. The van der Waals surface area contributed by atoms with Gasteiger partial charge in [-0.1, -0.05) is 12.1 Å². The minimum atomic E-state index is -2.30. The normalized spacial score (nSPS) is 11.5. The molecule has 0 aromatic heterocycles. The molecule has 0 fully saturated rings. The Morgan fingerprint density at radius 1 is 1.38 bits per heavy atom. The zero-order chi connectivity index (χ0) is 9.14. The van der Waals surface area contributed by atoms with E-state index in [0.717, 1.165) is 0 Å². The van der Waals surface area contributed by atoms with E-state index >= 15 is 0 Å². The first-order chi connectivity index (χ1) is 5.63. The number of rotatable bonds is 2. The van der Waals surface area contributed by atoms with Crippen LogP contribution in [0, 0.1) is 10.1 Å². The van der Waals surface area contributed by atoms with E-state index in [4.69, 9.17) is 4.55 Å². The van der Waals surface area contributed by atoms with Gasteiger partial charge in [-0.25, -0.2) is 4.21 Å². The Kier molecular flexibility index (Phi) is 6.13. The zero-order valence-electron chi connectivity index (χ0n) is 5.84. The van der Waals surface area contributed by atoms with Gasteiger partial charge in [0.1, 0.15) is 4.90 Å². The van der Waals surface area contributed by atoms with Gasteiger partial charge >= 0.3 is 51.4 Å². The third kappa shape index (κ3) is 3.54. The van der Waals surface area contributed by atoms with Crippen LogP contribution in [-0.2, 0) is 11.1 Å². The molecule has 1 aromatic carbocycles. The molecule has 0 saturated heterocycles. The molecular formula is C6H6KNO4S. The summed E-state index contributed by atoms with van der Waals surface area (Å²) in [5.41, 5.74) is -0.335. The maximum absolute atomic E-state index is 10.5. The van der Waals surface area contributed by atoms with Crippen molar-refractivity contribution >= 4 is 68.2 Å². The number of nitrogens with zero attached hydrogens (tertiary/aromatic N) is 1. The quantitative estimate of drug-likeness (QED) is 0.346. The summed E-state index contributed by atoms with van der Waals surface area (Å²) in [6.45, 7) is 0. The van der Waals surface area contributed by atoms with Crippen molar-refractivity contribution in [3.05, 3.63) is 34.4 Å².